The first-order chi connectivity index (χ1) is 16.3. The van der Waals surface area contributed by atoms with E-state index in [2.05, 4.69) is 15.4 Å². The number of hydrogen-bond acceptors (Lipinski definition) is 8. The minimum Gasteiger partial charge on any atom is -0.453 e. The van der Waals surface area contributed by atoms with E-state index in [-0.39, 0.29) is 16.3 Å². The van der Waals surface area contributed by atoms with Gasteiger partial charge in [-0.3, -0.25) is 14.9 Å². The Morgan fingerprint density at radius 3 is 2.65 bits per heavy atom. The number of piperidine rings is 1. The van der Waals surface area contributed by atoms with Crippen molar-refractivity contribution in [3.05, 3.63) is 33.5 Å². The van der Waals surface area contributed by atoms with Crippen LogP contribution in [0.3, 0.4) is 0 Å². The van der Waals surface area contributed by atoms with Crippen molar-refractivity contribution < 1.29 is 27.5 Å². The lowest BCUT2D eigenvalue weighted by molar-refractivity contribution is -0.120. The van der Waals surface area contributed by atoms with E-state index in [9.17, 15) is 22.8 Å². The van der Waals surface area contributed by atoms with Crippen LogP contribution in [0.2, 0.25) is 0 Å². The van der Waals surface area contributed by atoms with Crippen LogP contribution in [0.1, 0.15) is 59.3 Å². The molecule has 34 heavy (non-hydrogen) atoms. The molecule has 2 N–H and O–H groups in total. The fourth-order valence-corrected chi connectivity index (χ4v) is 8.52. The summed E-state index contributed by atoms with van der Waals surface area (Å²) in [6, 6.07) is 2.33. The highest BCUT2D eigenvalue weighted by atomic mass is 32.2. The molecule has 1 aliphatic heterocycles. The van der Waals surface area contributed by atoms with Crippen molar-refractivity contribution in [3.8, 4) is 0 Å². The maximum Gasteiger partial charge on any atom is 0.413 e. The molecule has 184 valence electrons. The van der Waals surface area contributed by atoms with Crippen molar-refractivity contribution in [1.29, 1.82) is 0 Å². The summed E-state index contributed by atoms with van der Waals surface area (Å²) in [5.41, 5.74) is 1.11. The van der Waals surface area contributed by atoms with E-state index in [1.54, 1.807) is 11.4 Å². The van der Waals surface area contributed by atoms with Crippen molar-refractivity contribution in [1.82, 2.24) is 9.62 Å². The van der Waals surface area contributed by atoms with Gasteiger partial charge in [-0.1, -0.05) is 18.9 Å². The standard InChI is InChI=1S/C22H27N3O6S3/c1-31-22(28)24-20(27)18-14-8-3-2-4-10-16(14)33-21(18)23-19(26)15-9-5-6-12-25(15)34(29,30)17-11-7-13-32-17/h7,11,13,15H,2-6,8-10,12H2,1H3,(H,23,26)(H,24,27,28). The number of nitrogens with one attached hydrogen (secondary N) is 2. The van der Waals surface area contributed by atoms with Gasteiger partial charge in [0.2, 0.25) is 5.91 Å². The van der Waals surface area contributed by atoms with E-state index < -0.39 is 34.0 Å². The van der Waals surface area contributed by atoms with Gasteiger partial charge in [0, 0.05) is 11.4 Å². The van der Waals surface area contributed by atoms with Gasteiger partial charge >= 0.3 is 6.09 Å². The lowest BCUT2D eigenvalue weighted by atomic mass is 10.0. The molecular formula is C22H27N3O6S3. The Kier molecular flexibility index (Phi) is 7.70. The first kappa shape index (κ1) is 24.8. The minimum absolute atomic E-state index is 0.202. The summed E-state index contributed by atoms with van der Waals surface area (Å²) in [4.78, 5) is 39.1. The second-order valence-electron chi connectivity index (χ2n) is 8.26. The summed E-state index contributed by atoms with van der Waals surface area (Å²) in [6.45, 7) is 0.259. The summed E-state index contributed by atoms with van der Waals surface area (Å²) in [5, 5.41) is 7.08. The van der Waals surface area contributed by atoms with Gasteiger partial charge < -0.3 is 10.1 Å². The molecule has 3 heterocycles. The molecule has 0 radical (unpaired) electrons. The van der Waals surface area contributed by atoms with E-state index in [0.717, 1.165) is 53.9 Å². The first-order valence-electron chi connectivity index (χ1n) is 11.2. The van der Waals surface area contributed by atoms with Crippen molar-refractivity contribution in [2.24, 2.45) is 0 Å². The number of hydrogen-bond donors (Lipinski definition) is 2. The number of rotatable bonds is 5. The van der Waals surface area contributed by atoms with Crippen LogP contribution >= 0.6 is 22.7 Å². The molecule has 3 amide bonds. The molecule has 9 nitrogen and oxygen atoms in total. The minimum atomic E-state index is -3.80. The summed E-state index contributed by atoms with van der Waals surface area (Å²) in [7, 11) is -2.63. The van der Waals surface area contributed by atoms with Gasteiger partial charge in [-0.15, -0.1) is 22.7 Å². The zero-order valence-electron chi connectivity index (χ0n) is 18.8. The second kappa shape index (κ2) is 10.5. The molecule has 1 unspecified atom stereocenters. The van der Waals surface area contributed by atoms with Crippen LogP contribution in [-0.2, 0) is 32.4 Å². The van der Waals surface area contributed by atoms with E-state index in [1.807, 2.05) is 0 Å². The summed E-state index contributed by atoms with van der Waals surface area (Å²) < 4.78 is 32.4. The van der Waals surface area contributed by atoms with Crippen LogP contribution < -0.4 is 10.6 Å². The Morgan fingerprint density at radius 1 is 1.12 bits per heavy atom. The highest BCUT2D eigenvalue weighted by molar-refractivity contribution is 7.91. The van der Waals surface area contributed by atoms with Crippen LogP contribution in [0.25, 0.3) is 0 Å². The summed E-state index contributed by atoms with van der Waals surface area (Å²) in [5.74, 6) is -1.10. The van der Waals surface area contributed by atoms with Crippen LogP contribution in [0, 0.1) is 0 Å². The Bertz CT molecular complexity index is 1170. The zero-order chi connectivity index (χ0) is 24.3. The number of amides is 3. The number of imide groups is 1. The number of aryl methyl sites for hydroxylation is 1. The van der Waals surface area contributed by atoms with Gasteiger partial charge in [0.05, 0.1) is 12.7 Å². The number of sulfonamides is 1. The fraction of sp³-hybridized carbons (Fsp3) is 0.500. The molecule has 1 fully saturated rings. The second-order valence-corrected chi connectivity index (χ2v) is 12.4. The lowest BCUT2D eigenvalue weighted by Crippen LogP contribution is -2.49. The first-order valence-corrected chi connectivity index (χ1v) is 14.4. The molecule has 1 saturated heterocycles. The van der Waals surface area contributed by atoms with Gasteiger partial charge in [-0.05, 0) is 55.5 Å². The number of nitrogens with zero attached hydrogens (tertiary/aromatic N) is 1. The lowest BCUT2D eigenvalue weighted by Gasteiger charge is -2.33. The quantitative estimate of drug-likeness (QED) is 0.574. The normalized spacial score (nSPS) is 19.0. The van der Waals surface area contributed by atoms with Gasteiger partial charge in [-0.2, -0.15) is 4.31 Å². The molecule has 1 aliphatic carbocycles. The average Bonchev–Trinajstić information content (AvgIpc) is 3.43. The van der Waals surface area contributed by atoms with Crippen molar-refractivity contribution in [2.75, 3.05) is 19.0 Å². The number of carbonyl (C=O) groups excluding carboxylic acids is 3. The van der Waals surface area contributed by atoms with E-state index >= 15 is 0 Å². The van der Waals surface area contributed by atoms with Crippen molar-refractivity contribution in [2.45, 2.75) is 61.6 Å². The number of carbonyl (C=O) groups is 3. The number of anilines is 1. The number of ether oxygens (including phenoxy) is 1. The van der Waals surface area contributed by atoms with Gasteiger partial charge in [0.25, 0.3) is 15.9 Å². The predicted molar refractivity (Wildman–Crippen MR) is 130 cm³/mol. The summed E-state index contributed by atoms with van der Waals surface area (Å²) >= 11 is 2.45. The van der Waals surface area contributed by atoms with Crippen LogP contribution in [0.5, 0.6) is 0 Å². The van der Waals surface area contributed by atoms with E-state index in [4.69, 9.17) is 0 Å². The van der Waals surface area contributed by atoms with Crippen LogP contribution in [0.4, 0.5) is 9.80 Å². The van der Waals surface area contributed by atoms with E-state index in [0.29, 0.717) is 24.3 Å². The maximum atomic E-state index is 13.4. The molecule has 2 aliphatic rings. The third-order valence-corrected chi connectivity index (χ3v) is 10.6. The van der Waals surface area contributed by atoms with Crippen molar-refractivity contribution >= 4 is 55.6 Å². The Labute approximate surface area is 206 Å². The molecule has 0 spiro atoms. The van der Waals surface area contributed by atoms with E-state index in [1.165, 1.54) is 28.8 Å². The SMILES string of the molecule is COC(=O)NC(=O)c1c(NC(=O)C2CCCCN2S(=O)(=O)c2cccs2)sc2c1CCCCC2. The molecule has 0 saturated carbocycles. The highest BCUT2D eigenvalue weighted by Crippen LogP contribution is 2.38. The van der Waals surface area contributed by atoms with Gasteiger partial charge in [0.15, 0.2) is 0 Å². The molecule has 12 heteroatoms. The third kappa shape index (κ3) is 5.04. The van der Waals surface area contributed by atoms with Gasteiger partial charge in [0.1, 0.15) is 15.3 Å². The summed E-state index contributed by atoms with van der Waals surface area (Å²) in [6.07, 6.45) is 5.31. The topological polar surface area (TPSA) is 122 Å². The Balaban J connectivity index is 1.64. The number of methoxy groups -OCH3 is 1. The smallest absolute Gasteiger partial charge is 0.413 e. The molecule has 1 atom stereocenters. The molecule has 4 rings (SSSR count). The zero-order valence-corrected chi connectivity index (χ0v) is 21.2. The average molecular weight is 526 g/mol. The molecule has 0 bridgehead atoms. The molecule has 2 aromatic rings. The number of fused-ring (bicyclic) bond motifs is 1. The maximum absolute atomic E-state index is 13.4. The predicted octanol–water partition coefficient (Wildman–Crippen LogP) is 3.76. The number of thiophene rings is 2. The fourth-order valence-electron chi connectivity index (χ4n) is 4.45. The van der Waals surface area contributed by atoms with Crippen LogP contribution in [-0.4, -0.2) is 50.3 Å². The molecule has 2 aromatic heterocycles. The third-order valence-electron chi connectivity index (χ3n) is 6.10. The van der Waals surface area contributed by atoms with Gasteiger partial charge in [-0.25, -0.2) is 13.2 Å². The van der Waals surface area contributed by atoms with Crippen LogP contribution in [0.15, 0.2) is 21.7 Å². The van der Waals surface area contributed by atoms with Crippen molar-refractivity contribution in [3.63, 3.8) is 0 Å². The molecule has 0 aromatic carbocycles. The largest absolute Gasteiger partial charge is 0.453 e. The molecular weight excluding hydrogens is 498 g/mol. The Hall–Kier alpha value is -2.28. The monoisotopic (exact) mass is 525 g/mol. The number of alkyl carbamates (subject to hydrolysis) is 1. The highest BCUT2D eigenvalue weighted by Gasteiger charge is 2.39. The Morgan fingerprint density at radius 2 is 1.91 bits per heavy atom.